The molecule has 1 aromatic carbocycles. The van der Waals surface area contributed by atoms with Crippen molar-refractivity contribution in [3.8, 4) is 11.5 Å². The molecule has 0 saturated carbocycles. The van der Waals surface area contributed by atoms with E-state index in [1.807, 2.05) is 48.7 Å². The molecule has 154 valence electrons. The molecule has 3 rings (SSSR count). The third kappa shape index (κ3) is 5.92. The summed E-state index contributed by atoms with van der Waals surface area (Å²) in [5, 5.41) is 19.1. The van der Waals surface area contributed by atoms with E-state index in [2.05, 4.69) is 27.5 Å². The van der Waals surface area contributed by atoms with Gasteiger partial charge in [0.1, 0.15) is 11.9 Å². The molecule has 1 atom stereocenters. The zero-order chi connectivity index (χ0) is 20.7. The number of oxazole rings is 1. The van der Waals surface area contributed by atoms with Crippen LogP contribution in [0.15, 0.2) is 57.5 Å². The van der Waals surface area contributed by atoms with E-state index in [1.165, 1.54) is 16.9 Å². The highest BCUT2D eigenvalue weighted by atomic mass is 32.1. The van der Waals surface area contributed by atoms with Gasteiger partial charge in [0.05, 0.1) is 12.2 Å². The normalized spacial score (nSPS) is 13.9. The average molecular weight is 413 g/mol. The van der Waals surface area contributed by atoms with E-state index in [4.69, 9.17) is 4.42 Å². The van der Waals surface area contributed by atoms with Gasteiger partial charge in [-0.25, -0.2) is 9.98 Å². The standard InChI is InChI=1S/C22H28N4O2S/c1-4-23-21(25-15-22(3,27)19-6-5-13-29-19)24-12-11-18-14-28-20(26-18)17-9-7-16(2)8-10-17/h5-10,13-14,27H,4,11-12,15H2,1-3H3,(H2,23,24,25). The molecular weight excluding hydrogens is 384 g/mol. The summed E-state index contributed by atoms with van der Waals surface area (Å²) in [4.78, 5) is 10.0. The highest BCUT2D eigenvalue weighted by Gasteiger charge is 2.24. The number of aromatic nitrogens is 1. The molecule has 0 amide bonds. The summed E-state index contributed by atoms with van der Waals surface area (Å²) in [6, 6.07) is 12.0. The molecule has 0 aliphatic rings. The molecule has 3 N–H and O–H groups in total. The van der Waals surface area contributed by atoms with Gasteiger partial charge >= 0.3 is 0 Å². The Bertz CT molecular complexity index is 915. The molecule has 6 nitrogen and oxygen atoms in total. The van der Waals surface area contributed by atoms with Crippen molar-refractivity contribution in [1.82, 2.24) is 15.6 Å². The summed E-state index contributed by atoms with van der Waals surface area (Å²) in [5.74, 6) is 1.30. The second-order valence-electron chi connectivity index (χ2n) is 7.13. The van der Waals surface area contributed by atoms with Crippen molar-refractivity contribution in [2.45, 2.75) is 32.8 Å². The van der Waals surface area contributed by atoms with Crippen LogP contribution in [0.2, 0.25) is 0 Å². The van der Waals surface area contributed by atoms with Gasteiger partial charge in [-0.2, -0.15) is 0 Å². The maximum atomic E-state index is 10.6. The van der Waals surface area contributed by atoms with Crippen LogP contribution in [0, 0.1) is 6.92 Å². The first-order chi connectivity index (χ1) is 14.0. The molecule has 0 spiro atoms. The SMILES string of the molecule is CCNC(=NCC(C)(O)c1cccs1)NCCc1coc(-c2ccc(C)cc2)n1. The largest absolute Gasteiger partial charge is 0.444 e. The number of aliphatic hydroxyl groups is 1. The fourth-order valence-electron chi connectivity index (χ4n) is 2.80. The highest BCUT2D eigenvalue weighted by Crippen LogP contribution is 2.25. The minimum absolute atomic E-state index is 0.282. The molecule has 29 heavy (non-hydrogen) atoms. The summed E-state index contributed by atoms with van der Waals surface area (Å²) in [5.41, 5.74) is 2.08. The summed E-state index contributed by atoms with van der Waals surface area (Å²) in [6.07, 6.45) is 2.41. The number of hydrogen-bond donors (Lipinski definition) is 3. The van der Waals surface area contributed by atoms with Crippen LogP contribution in [-0.2, 0) is 12.0 Å². The van der Waals surface area contributed by atoms with Crippen LogP contribution in [0.3, 0.4) is 0 Å². The first-order valence-corrected chi connectivity index (χ1v) is 10.7. The first-order valence-electron chi connectivity index (χ1n) is 9.78. The van der Waals surface area contributed by atoms with Crippen LogP contribution >= 0.6 is 11.3 Å². The van der Waals surface area contributed by atoms with E-state index < -0.39 is 5.60 Å². The highest BCUT2D eigenvalue weighted by molar-refractivity contribution is 7.10. The van der Waals surface area contributed by atoms with Crippen molar-refractivity contribution in [3.63, 3.8) is 0 Å². The Morgan fingerprint density at radius 3 is 2.72 bits per heavy atom. The van der Waals surface area contributed by atoms with E-state index in [9.17, 15) is 5.11 Å². The van der Waals surface area contributed by atoms with Crippen molar-refractivity contribution >= 4 is 17.3 Å². The van der Waals surface area contributed by atoms with Crippen molar-refractivity contribution < 1.29 is 9.52 Å². The number of rotatable bonds is 8. The predicted molar refractivity (Wildman–Crippen MR) is 118 cm³/mol. The van der Waals surface area contributed by atoms with Gasteiger partial charge in [-0.05, 0) is 44.4 Å². The van der Waals surface area contributed by atoms with Crippen LogP contribution < -0.4 is 10.6 Å². The maximum absolute atomic E-state index is 10.6. The van der Waals surface area contributed by atoms with Crippen LogP contribution in [-0.4, -0.2) is 35.7 Å². The van der Waals surface area contributed by atoms with Crippen LogP contribution in [0.5, 0.6) is 0 Å². The summed E-state index contributed by atoms with van der Waals surface area (Å²) in [7, 11) is 0. The number of thiophene rings is 1. The number of nitrogens with one attached hydrogen (secondary N) is 2. The quantitative estimate of drug-likeness (QED) is 0.388. The molecule has 0 fully saturated rings. The van der Waals surface area contributed by atoms with Gasteiger partial charge in [-0.1, -0.05) is 23.8 Å². The zero-order valence-corrected chi connectivity index (χ0v) is 17.9. The van der Waals surface area contributed by atoms with Crippen LogP contribution in [0.25, 0.3) is 11.5 Å². The smallest absolute Gasteiger partial charge is 0.226 e. The topological polar surface area (TPSA) is 82.7 Å². The van der Waals surface area contributed by atoms with Crippen molar-refractivity contribution in [2.24, 2.45) is 4.99 Å². The second kappa shape index (κ2) is 9.71. The molecule has 0 radical (unpaired) electrons. The summed E-state index contributed by atoms with van der Waals surface area (Å²) < 4.78 is 5.61. The van der Waals surface area contributed by atoms with E-state index >= 15 is 0 Å². The first kappa shape index (κ1) is 21.1. The third-order valence-electron chi connectivity index (χ3n) is 4.47. The van der Waals surface area contributed by atoms with Gasteiger partial charge in [0, 0.05) is 30.0 Å². The van der Waals surface area contributed by atoms with Crippen molar-refractivity contribution in [3.05, 3.63) is 64.2 Å². The number of aryl methyl sites for hydroxylation is 1. The Morgan fingerprint density at radius 2 is 2.03 bits per heavy atom. The fourth-order valence-corrected chi connectivity index (χ4v) is 3.58. The molecule has 3 aromatic rings. The average Bonchev–Trinajstić information content (AvgIpc) is 3.39. The lowest BCUT2D eigenvalue weighted by Gasteiger charge is -2.20. The molecule has 0 aliphatic carbocycles. The van der Waals surface area contributed by atoms with E-state index in [-0.39, 0.29) is 6.54 Å². The molecule has 0 aliphatic heterocycles. The number of nitrogens with zero attached hydrogens (tertiary/aromatic N) is 2. The van der Waals surface area contributed by atoms with E-state index in [1.54, 1.807) is 13.2 Å². The van der Waals surface area contributed by atoms with Gasteiger partial charge in [0.25, 0.3) is 0 Å². The predicted octanol–water partition coefficient (Wildman–Crippen LogP) is 3.72. The van der Waals surface area contributed by atoms with Gasteiger partial charge in [0.2, 0.25) is 5.89 Å². The Kier molecular flexibility index (Phi) is 7.06. The van der Waals surface area contributed by atoms with Crippen LogP contribution in [0.1, 0.15) is 30.0 Å². The molecule has 0 saturated heterocycles. The van der Waals surface area contributed by atoms with Crippen LogP contribution in [0.4, 0.5) is 0 Å². The fraction of sp³-hybridized carbons (Fsp3) is 0.364. The maximum Gasteiger partial charge on any atom is 0.226 e. The summed E-state index contributed by atoms with van der Waals surface area (Å²) in [6.45, 7) is 7.54. The lowest BCUT2D eigenvalue weighted by atomic mass is 10.1. The summed E-state index contributed by atoms with van der Waals surface area (Å²) >= 11 is 1.53. The number of guanidine groups is 1. The second-order valence-corrected chi connectivity index (χ2v) is 8.08. The Hall–Kier alpha value is -2.64. The van der Waals surface area contributed by atoms with E-state index in [0.717, 1.165) is 22.7 Å². The lowest BCUT2D eigenvalue weighted by Crippen LogP contribution is -2.39. The van der Waals surface area contributed by atoms with Gasteiger partial charge in [-0.15, -0.1) is 11.3 Å². The van der Waals surface area contributed by atoms with Crippen molar-refractivity contribution in [2.75, 3.05) is 19.6 Å². The Balaban J connectivity index is 1.55. The molecule has 2 aromatic heterocycles. The van der Waals surface area contributed by atoms with Gasteiger partial charge < -0.3 is 20.2 Å². The molecular formula is C22H28N4O2S. The molecule has 1 unspecified atom stereocenters. The minimum Gasteiger partial charge on any atom is -0.444 e. The number of benzene rings is 1. The van der Waals surface area contributed by atoms with Crippen molar-refractivity contribution in [1.29, 1.82) is 0 Å². The molecule has 0 bridgehead atoms. The molecule has 7 heteroatoms. The zero-order valence-electron chi connectivity index (χ0n) is 17.1. The monoisotopic (exact) mass is 412 g/mol. The Labute approximate surface area is 175 Å². The number of aliphatic imine (C=N–C) groups is 1. The lowest BCUT2D eigenvalue weighted by molar-refractivity contribution is 0.0711. The van der Waals surface area contributed by atoms with E-state index in [0.29, 0.717) is 24.8 Å². The minimum atomic E-state index is -0.981. The van der Waals surface area contributed by atoms with Gasteiger partial charge in [0.15, 0.2) is 5.96 Å². The Morgan fingerprint density at radius 1 is 1.24 bits per heavy atom. The third-order valence-corrected chi connectivity index (χ3v) is 5.59. The van der Waals surface area contributed by atoms with Gasteiger partial charge in [-0.3, -0.25) is 0 Å². The number of hydrogen-bond acceptors (Lipinski definition) is 5. The molecule has 2 heterocycles.